The summed E-state index contributed by atoms with van der Waals surface area (Å²) < 4.78 is 18.7. The first-order chi connectivity index (χ1) is 8.15. The second-order valence-corrected chi connectivity index (χ2v) is 3.88. The summed E-state index contributed by atoms with van der Waals surface area (Å²) in [5.41, 5.74) is 7.08. The van der Waals surface area contributed by atoms with E-state index < -0.39 is 0 Å². The molecule has 0 bridgehead atoms. The number of nitrogen functional groups attached to an aromatic ring is 1. The molecule has 0 aliphatic rings. The van der Waals surface area contributed by atoms with Crippen LogP contribution in [0.3, 0.4) is 0 Å². The van der Waals surface area contributed by atoms with E-state index in [0.717, 1.165) is 11.3 Å². The van der Waals surface area contributed by atoms with Gasteiger partial charge in [0.15, 0.2) is 0 Å². The number of halogens is 1. The summed E-state index contributed by atoms with van der Waals surface area (Å²) in [4.78, 5) is 0. The summed E-state index contributed by atoms with van der Waals surface area (Å²) >= 11 is 0. The van der Waals surface area contributed by atoms with Gasteiger partial charge in [0.25, 0.3) is 0 Å². The number of hydrogen-bond acceptors (Lipinski definition) is 2. The summed E-state index contributed by atoms with van der Waals surface area (Å²) in [6, 6.07) is 13.5. The van der Waals surface area contributed by atoms with E-state index in [1.165, 1.54) is 12.1 Å². The third-order valence-corrected chi connectivity index (χ3v) is 2.51. The topological polar surface area (TPSA) is 35.2 Å². The average molecular weight is 231 g/mol. The lowest BCUT2D eigenvalue weighted by atomic mass is 10.1. The molecule has 2 nitrogen and oxygen atoms in total. The zero-order valence-electron chi connectivity index (χ0n) is 9.56. The molecule has 2 rings (SSSR count). The van der Waals surface area contributed by atoms with Crippen LogP contribution < -0.4 is 10.5 Å². The molecule has 2 N–H and O–H groups in total. The number of nitrogens with two attached hydrogens (primary N) is 1. The molecule has 88 valence electrons. The van der Waals surface area contributed by atoms with Crippen molar-refractivity contribution in [3.8, 4) is 5.75 Å². The van der Waals surface area contributed by atoms with Crippen LogP contribution in [0.5, 0.6) is 5.75 Å². The van der Waals surface area contributed by atoms with Crippen LogP contribution in [0.1, 0.15) is 18.6 Å². The van der Waals surface area contributed by atoms with E-state index in [4.69, 9.17) is 10.5 Å². The molecule has 0 aromatic heterocycles. The van der Waals surface area contributed by atoms with E-state index in [0.29, 0.717) is 5.69 Å². The highest BCUT2D eigenvalue weighted by molar-refractivity contribution is 5.41. The largest absolute Gasteiger partial charge is 0.486 e. The number of benzene rings is 2. The fourth-order valence-electron chi connectivity index (χ4n) is 1.58. The van der Waals surface area contributed by atoms with Crippen molar-refractivity contribution in [3.05, 3.63) is 59.9 Å². The van der Waals surface area contributed by atoms with Crippen molar-refractivity contribution in [2.24, 2.45) is 0 Å². The van der Waals surface area contributed by atoms with Gasteiger partial charge in [-0.15, -0.1) is 0 Å². The van der Waals surface area contributed by atoms with Crippen LogP contribution in [0, 0.1) is 5.82 Å². The van der Waals surface area contributed by atoms with Gasteiger partial charge in [0.1, 0.15) is 17.7 Å². The quantitative estimate of drug-likeness (QED) is 0.820. The molecule has 0 heterocycles. The summed E-state index contributed by atoms with van der Waals surface area (Å²) in [6.45, 7) is 1.88. The number of anilines is 1. The molecule has 2 aromatic carbocycles. The van der Waals surface area contributed by atoms with Crippen LogP contribution in [0.4, 0.5) is 10.1 Å². The van der Waals surface area contributed by atoms with Crippen molar-refractivity contribution in [1.82, 2.24) is 0 Å². The summed E-state index contributed by atoms with van der Waals surface area (Å²) in [6.07, 6.45) is -0.200. The Labute approximate surface area is 99.8 Å². The van der Waals surface area contributed by atoms with Crippen molar-refractivity contribution < 1.29 is 9.13 Å². The predicted octanol–water partition coefficient (Wildman–Crippen LogP) is 3.55. The standard InChI is InChI=1S/C14H14FNO/c1-10(11-3-2-4-12(15)9-11)17-14-7-5-13(16)6-8-14/h2-10H,16H2,1H3/t10-/m1/s1. The van der Waals surface area contributed by atoms with Crippen molar-refractivity contribution >= 4 is 5.69 Å². The third-order valence-electron chi connectivity index (χ3n) is 2.51. The Morgan fingerprint density at radius 2 is 1.82 bits per heavy atom. The van der Waals surface area contributed by atoms with Crippen molar-refractivity contribution in [3.63, 3.8) is 0 Å². The van der Waals surface area contributed by atoms with Crippen molar-refractivity contribution in [2.45, 2.75) is 13.0 Å². The molecule has 3 heteroatoms. The Kier molecular flexibility index (Phi) is 3.28. The van der Waals surface area contributed by atoms with Gasteiger partial charge in [0.05, 0.1) is 0 Å². The van der Waals surface area contributed by atoms with Crippen LogP contribution >= 0.6 is 0 Å². The minimum atomic E-state index is -0.254. The maximum Gasteiger partial charge on any atom is 0.123 e. The van der Waals surface area contributed by atoms with Gasteiger partial charge in [0.2, 0.25) is 0 Å². The van der Waals surface area contributed by atoms with Crippen LogP contribution in [-0.4, -0.2) is 0 Å². The molecule has 17 heavy (non-hydrogen) atoms. The summed E-state index contributed by atoms with van der Waals surface area (Å²) in [7, 11) is 0. The fraction of sp³-hybridized carbons (Fsp3) is 0.143. The van der Waals surface area contributed by atoms with Gasteiger partial charge in [0, 0.05) is 5.69 Å². The van der Waals surface area contributed by atoms with E-state index in [1.807, 2.05) is 13.0 Å². The van der Waals surface area contributed by atoms with Gasteiger partial charge in [-0.05, 0) is 48.9 Å². The Morgan fingerprint density at radius 1 is 1.12 bits per heavy atom. The Balaban J connectivity index is 2.11. The lowest BCUT2D eigenvalue weighted by Gasteiger charge is -2.15. The van der Waals surface area contributed by atoms with E-state index in [9.17, 15) is 4.39 Å². The number of ether oxygens (including phenoxy) is 1. The molecule has 0 unspecified atom stereocenters. The summed E-state index contributed by atoms with van der Waals surface area (Å²) in [5, 5.41) is 0. The fourth-order valence-corrected chi connectivity index (χ4v) is 1.58. The van der Waals surface area contributed by atoms with Gasteiger partial charge in [-0.1, -0.05) is 12.1 Å². The molecule has 1 atom stereocenters. The first kappa shape index (κ1) is 11.5. The first-order valence-corrected chi connectivity index (χ1v) is 5.43. The Morgan fingerprint density at radius 3 is 2.47 bits per heavy atom. The maximum atomic E-state index is 13.0. The highest BCUT2D eigenvalue weighted by Crippen LogP contribution is 2.22. The SMILES string of the molecule is C[C@@H](Oc1ccc(N)cc1)c1cccc(F)c1. The highest BCUT2D eigenvalue weighted by Gasteiger charge is 2.07. The first-order valence-electron chi connectivity index (χ1n) is 5.43. The van der Waals surface area contributed by atoms with Crippen LogP contribution in [0.15, 0.2) is 48.5 Å². The van der Waals surface area contributed by atoms with Gasteiger partial charge in [-0.25, -0.2) is 4.39 Å². The molecule has 0 fully saturated rings. The third kappa shape index (κ3) is 2.97. The zero-order valence-corrected chi connectivity index (χ0v) is 9.56. The molecule has 2 aromatic rings. The van der Waals surface area contributed by atoms with Crippen LogP contribution in [0.2, 0.25) is 0 Å². The molecule has 0 saturated heterocycles. The van der Waals surface area contributed by atoms with E-state index in [1.54, 1.807) is 30.3 Å². The van der Waals surface area contributed by atoms with Gasteiger partial charge < -0.3 is 10.5 Å². The normalized spacial score (nSPS) is 12.1. The second-order valence-electron chi connectivity index (χ2n) is 3.88. The smallest absolute Gasteiger partial charge is 0.123 e. The van der Waals surface area contributed by atoms with E-state index in [-0.39, 0.29) is 11.9 Å². The van der Waals surface area contributed by atoms with Crippen LogP contribution in [0.25, 0.3) is 0 Å². The Bertz CT molecular complexity index is 496. The molecule has 0 spiro atoms. The summed E-state index contributed by atoms with van der Waals surface area (Å²) in [5.74, 6) is 0.464. The Hall–Kier alpha value is -2.03. The average Bonchev–Trinajstić information content (AvgIpc) is 2.32. The van der Waals surface area contributed by atoms with Gasteiger partial charge >= 0.3 is 0 Å². The number of hydrogen-bond donors (Lipinski definition) is 1. The molecule has 0 amide bonds. The van der Waals surface area contributed by atoms with E-state index in [2.05, 4.69) is 0 Å². The highest BCUT2D eigenvalue weighted by atomic mass is 19.1. The van der Waals surface area contributed by atoms with E-state index >= 15 is 0 Å². The minimum absolute atomic E-state index is 0.200. The molecule has 0 saturated carbocycles. The lowest BCUT2D eigenvalue weighted by Crippen LogP contribution is -2.03. The molecule has 0 radical (unpaired) electrons. The molecule has 0 aliphatic heterocycles. The minimum Gasteiger partial charge on any atom is -0.486 e. The molecule has 0 aliphatic carbocycles. The predicted molar refractivity (Wildman–Crippen MR) is 66.3 cm³/mol. The maximum absolute atomic E-state index is 13.0. The molecular formula is C14H14FNO. The van der Waals surface area contributed by atoms with Crippen LogP contribution in [-0.2, 0) is 0 Å². The zero-order chi connectivity index (χ0) is 12.3. The molecular weight excluding hydrogens is 217 g/mol. The van der Waals surface area contributed by atoms with Gasteiger partial charge in [-0.2, -0.15) is 0 Å². The second kappa shape index (κ2) is 4.87. The van der Waals surface area contributed by atoms with Crippen molar-refractivity contribution in [2.75, 3.05) is 5.73 Å². The van der Waals surface area contributed by atoms with Gasteiger partial charge in [-0.3, -0.25) is 0 Å². The lowest BCUT2D eigenvalue weighted by molar-refractivity contribution is 0.226. The van der Waals surface area contributed by atoms with Crippen molar-refractivity contribution in [1.29, 1.82) is 0 Å². The number of rotatable bonds is 3. The monoisotopic (exact) mass is 231 g/mol.